The summed E-state index contributed by atoms with van der Waals surface area (Å²) in [4.78, 5) is 4.27. The maximum Gasteiger partial charge on any atom is 0.203 e. The van der Waals surface area contributed by atoms with E-state index in [1.54, 1.807) is 7.11 Å². The zero-order chi connectivity index (χ0) is 8.97. The summed E-state index contributed by atoms with van der Waals surface area (Å²) in [6.45, 7) is 2.94. The fourth-order valence-corrected chi connectivity index (χ4v) is 2.42. The van der Waals surface area contributed by atoms with Crippen LogP contribution in [0.15, 0.2) is 0 Å². The second-order valence-electron chi connectivity index (χ2n) is 2.72. The van der Waals surface area contributed by atoms with Gasteiger partial charge in [0.2, 0.25) is 3.83 Å². The van der Waals surface area contributed by atoms with Crippen molar-refractivity contribution >= 4 is 34.1 Å². The van der Waals surface area contributed by atoms with Crippen molar-refractivity contribution in [1.29, 1.82) is 0 Å². The van der Waals surface area contributed by atoms with E-state index >= 15 is 0 Å². The monoisotopic (exact) mass is 298 g/mol. The summed E-state index contributed by atoms with van der Waals surface area (Å²) in [7, 11) is 1.72. The van der Waals surface area contributed by atoms with Gasteiger partial charge in [-0.1, -0.05) is 6.92 Å². The summed E-state index contributed by atoms with van der Waals surface area (Å²) in [5.41, 5.74) is 0. The molecule has 1 unspecified atom stereocenters. The molecule has 0 saturated carbocycles. The second kappa shape index (κ2) is 5.08. The molecular formula is C7H11IN2OS. The van der Waals surface area contributed by atoms with Gasteiger partial charge in [-0.25, -0.2) is 4.98 Å². The molecule has 1 atom stereocenters. The summed E-state index contributed by atoms with van der Waals surface area (Å²) >= 11 is 3.61. The molecule has 0 amide bonds. The lowest BCUT2D eigenvalue weighted by Gasteiger charge is -2.05. The third-order valence-electron chi connectivity index (χ3n) is 1.42. The van der Waals surface area contributed by atoms with E-state index in [1.807, 2.05) is 0 Å². The SMILES string of the molecule is COCC(C)Cc1nc(I)ns1. The van der Waals surface area contributed by atoms with Gasteiger partial charge in [0, 0.05) is 42.7 Å². The molecule has 0 aliphatic carbocycles. The van der Waals surface area contributed by atoms with Crippen LogP contribution in [-0.4, -0.2) is 23.1 Å². The molecule has 0 bridgehead atoms. The highest BCUT2D eigenvalue weighted by Gasteiger charge is 2.07. The van der Waals surface area contributed by atoms with Gasteiger partial charge in [-0.3, -0.25) is 0 Å². The third kappa shape index (κ3) is 3.32. The van der Waals surface area contributed by atoms with E-state index in [4.69, 9.17) is 4.74 Å². The van der Waals surface area contributed by atoms with E-state index in [-0.39, 0.29) is 0 Å². The number of hydrogen-bond donors (Lipinski definition) is 0. The van der Waals surface area contributed by atoms with Gasteiger partial charge in [-0.2, -0.15) is 4.37 Å². The predicted octanol–water partition coefficient (Wildman–Crippen LogP) is 1.97. The number of methoxy groups -OCH3 is 1. The van der Waals surface area contributed by atoms with Crippen LogP contribution in [0.5, 0.6) is 0 Å². The van der Waals surface area contributed by atoms with Gasteiger partial charge in [-0.05, 0) is 17.5 Å². The number of rotatable bonds is 4. The summed E-state index contributed by atoms with van der Waals surface area (Å²) in [6, 6.07) is 0. The molecule has 0 saturated heterocycles. The molecule has 1 rings (SSSR count). The molecule has 1 aromatic rings. The number of ether oxygens (including phenoxy) is 1. The average molecular weight is 298 g/mol. The van der Waals surface area contributed by atoms with Gasteiger partial charge in [-0.15, -0.1) is 0 Å². The Morgan fingerprint density at radius 1 is 1.67 bits per heavy atom. The Morgan fingerprint density at radius 3 is 2.92 bits per heavy atom. The largest absolute Gasteiger partial charge is 0.384 e. The quantitative estimate of drug-likeness (QED) is 0.797. The number of halogens is 1. The minimum absolute atomic E-state index is 0.527. The molecule has 0 aliphatic heterocycles. The maximum absolute atomic E-state index is 5.04. The molecule has 0 spiro atoms. The molecule has 0 fully saturated rings. The lowest BCUT2D eigenvalue weighted by atomic mass is 10.1. The smallest absolute Gasteiger partial charge is 0.203 e. The van der Waals surface area contributed by atoms with Gasteiger partial charge in [0.1, 0.15) is 5.01 Å². The van der Waals surface area contributed by atoms with E-state index in [9.17, 15) is 0 Å². The zero-order valence-electron chi connectivity index (χ0n) is 7.08. The van der Waals surface area contributed by atoms with E-state index in [0.717, 1.165) is 21.9 Å². The van der Waals surface area contributed by atoms with Crippen molar-refractivity contribution in [2.45, 2.75) is 13.3 Å². The summed E-state index contributed by atoms with van der Waals surface area (Å²) in [5, 5.41) is 1.10. The van der Waals surface area contributed by atoms with Gasteiger partial charge in [0.25, 0.3) is 0 Å². The minimum atomic E-state index is 0.527. The lowest BCUT2D eigenvalue weighted by molar-refractivity contribution is 0.159. The molecule has 0 radical (unpaired) electrons. The predicted molar refractivity (Wildman–Crippen MR) is 57.4 cm³/mol. The maximum atomic E-state index is 5.04. The third-order valence-corrected chi connectivity index (χ3v) is 2.96. The summed E-state index contributed by atoms with van der Waals surface area (Å²) in [5.74, 6) is 0.527. The molecular weight excluding hydrogens is 287 g/mol. The van der Waals surface area contributed by atoms with Crippen molar-refractivity contribution in [2.75, 3.05) is 13.7 Å². The van der Waals surface area contributed by atoms with Crippen molar-refractivity contribution < 1.29 is 4.74 Å². The van der Waals surface area contributed by atoms with Gasteiger partial charge >= 0.3 is 0 Å². The average Bonchev–Trinajstić information content (AvgIpc) is 2.36. The van der Waals surface area contributed by atoms with Gasteiger partial charge in [0.05, 0.1) is 0 Å². The van der Waals surface area contributed by atoms with Gasteiger partial charge in [0.15, 0.2) is 0 Å². The second-order valence-corrected chi connectivity index (χ2v) is 4.52. The van der Waals surface area contributed by atoms with Gasteiger partial charge < -0.3 is 4.74 Å². The topological polar surface area (TPSA) is 35.0 Å². The fourth-order valence-electron chi connectivity index (χ4n) is 0.959. The number of aromatic nitrogens is 2. The molecule has 68 valence electrons. The van der Waals surface area contributed by atoms with Crippen molar-refractivity contribution in [1.82, 2.24) is 9.36 Å². The van der Waals surface area contributed by atoms with Crippen LogP contribution in [0.25, 0.3) is 0 Å². The van der Waals surface area contributed by atoms with E-state index in [1.165, 1.54) is 11.5 Å². The van der Waals surface area contributed by atoms with Crippen molar-refractivity contribution in [2.24, 2.45) is 5.92 Å². The van der Waals surface area contributed by atoms with Crippen LogP contribution in [0.2, 0.25) is 0 Å². The zero-order valence-corrected chi connectivity index (χ0v) is 10.1. The van der Waals surface area contributed by atoms with E-state index in [2.05, 4.69) is 38.9 Å². The lowest BCUT2D eigenvalue weighted by Crippen LogP contribution is -2.06. The summed E-state index contributed by atoms with van der Waals surface area (Å²) in [6.07, 6.45) is 0.967. The highest BCUT2D eigenvalue weighted by molar-refractivity contribution is 14.1. The molecule has 5 heteroatoms. The van der Waals surface area contributed by atoms with Crippen LogP contribution < -0.4 is 0 Å². The summed E-state index contributed by atoms with van der Waals surface area (Å²) < 4.78 is 9.99. The van der Waals surface area contributed by atoms with Crippen LogP contribution >= 0.6 is 34.1 Å². The van der Waals surface area contributed by atoms with Crippen LogP contribution in [-0.2, 0) is 11.2 Å². The van der Waals surface area contributed by atoms with E-state index < -0.39 is 0 Å². The van der Waals surface area contributed by atoms with Crippen molar-refractivity contribution in [3.05, 3.63) is 8.84 Å². The first-order valence-electron chi connectivity index (χ1n) is 3.69. The number of hydrogen-bond acceptors (Lipinski definition) is 4. The Kier molecular flexibility index (Phi) is 4.38. The Bertz CT molecular complexity index is 241. The Balaban J connectivity index is 2.41. The molecule has 0 N–H and O–H groups in total. The standard InChI is InChI=1S/C7H11IN2OS/c1-5(4-11-2)3-6-9-7(8)10-12-6/h5H,3-4H2,1-2H3. The van der Waals surface area contributed by atoms with E-state index in [0.29, 0.717) is 5.92 Å². The first kappa shape index (κ1) is 10.3. The Hall–Kier alpha value is 0.250. The highest BCUT2D eigenvalue weighted by atomic mass is 127. The van der Waals surface area contributed by atoms with Crippen LogP contribution in [0.4, 0.5) is 0 Å². The molecule has 1 aromatic heterocycles. The van der Waals surface area contributed by atoms with Crippen molar-refractivity contribution in [3.63, 3.8) is 0 Å². The highest BCUT2D eigenvalue weighted by Crippen LogP contribution is 2.12. The Labute approximate surface area is 89.9 Å². The van der Waals surface area contributed by atoms with Crippen LogP contribution in [0, 0.1) is 9.75 Å². The fraction of sp³-hybridized carbons (Fsp3) is 0.714. The molecule has 0 aliphatic rings. The first-order chi connectivity index (χ1) is 5.72. The normalized spacial score (nSPS) is 13.2. The molecule has 1 heterocycles. The van der Waals surface area contributed by atoms with Crippen molar-refractivity contribution in [3.8, 4) is 0 Å². The Morgan fingerprint density at radius 2 is 2.42 bits per heavy atom. The van der Waals surface area contributed by atoms with Crippen LogP contribution in [0.1, 0.15) is 11.9 Å². The first-order valence-corrected chi connectivity index (χ1v) is 5.54. The van der Waals surface area contributed by atoms with Crippen LogP contribution in [0.3, 0.4) is 0 Å². The minimum Gasteiger partial charge on any atom is -0.384 e. The molecule has 12 heavy (non-hydrogen) atoms. The molecule has 3 nitrogen and oxygen atoms in total. The number of nitrogens with zero attached hydrogens (tertiary/aromatic N) is 2. The molecule has 0 aromatic carbocycles.